The van der Waals surface area contributed by atoms with Crippen LogP contribution in [0.25, 0.3) is 10.9 Å². The van der Waals surface area contributed by atoms with Crippen molar-refractivity contribution in [1.29, 1.82) is 0 Å². The molecule has 34 heavy (non-hydrogen) atoms. The number of carbonyl (C=O) groups is 2. The van der Waals surface area contributed by atoms with Crippen LogP contribution in [-0.2, 0) is 16.1 Å². The summed E-state index contributed by atoms with van der Waals surface area (Å²) in [4.78, 5) is 53.7. The highest BCUT2D eigenvalue weighted by atomic mass is 32.2. The predicted octanol–water partition coefficient (Wildman–Crippen LogP) is 2.82. The Morgan fingerprint density at radius 1 is 1.09 bits per heavy atom. The Bertz CT molecular complexity index is 1450. The molecule has 2 aliphatic rings. The standard InChI is InChI=1S/C22H18F2N4O5S/c23-14-7-13-16(8-15(14)24)26-21(31)27(20(13)30)5-1-2-12-9-28(22(32)33-12)11-3-4-18-17(6-11)25-19(29)10-34-18/h3-4,6-8,12H,1-2,5,9-10H2,(H,25,29)(H,26,31). The van der Waals surface area contributed by atoms with Crippen LogP contribution in [0, 0.1) is 11.6 Å². The van der Waals surface area contributed by atoms with Crippen LogP contribution in [0.4, 0.5) is 25.0 Å². The van der Waals surface area contributed by atoms with Crippen LogP contribution in [0.2, 0.25) is 0 Å². The van der Waals surface area contributed by atoms with E-state index in [0.29, 0.717) is 30.0 Å². The Labute approximate surface area is 194 Å². The lowest BCUT2D eigenvalue weighted by Crippen LogP contribution is -2.35. The molecular weight excluding hydrogens is 470 g/mol. The highest BCUT2D eigenvalue weighted by Gasteiger charge is 2.32. The molecule has 9 nitrogen and oxygen atoms in total. The number of thioether (sulfide) groups is 1. The third kappa shape index (κ3) is 4.04. The largest absolute Gasteiger partial charge is 0.444 e. The quantitative estimate of drug-likeness (QED) is 0.571. The fourth-order valence-corrected chi connectivity index (χ4v) is 4.84. The maximum Gasteiger partial charge on any atom is 0.414 e. The van der Waals surface area contributed by atoms with Crippen LogP contribution in [0.1, 0.15) is 12.8 Å². The molecule has 0 bridgehead atoms. The van der Waals surface area contributed by atoms with E-state index in [4.69, 9.17) is 4.74 Å². The number of hydrogen-bond donors (Lipinski definition) is 2. The number of fused-ring (bicyclic) bond motifs is 2. The van der Waals surface area contributed by atoms with Gasteiger partial charge in [0.15, 0.2) is 11.6 Å². The van der Waals surface area contributed by atoms with Crippen LogP contribution in [-0.4, -0.2) is 40.0 Å². The summed E-state index contributed by atoms with van der Waals surface area (Å²) in [6, 6.07) is 6.87. The number of aromatic nitrogens is 2. The maximum atomic E-state index is 13.6. The second-order valence-corrected chi connectivity index (χ2v) is 8.99. The molecule has 0 spiro atoms. The van der Waals surface area contributed by atoms with Gasteiger partial charge < -0.3 is 15.0 Å². The van der Waals surface area contributed by atoms with Crippen molar-refractivity contribution in [2.75, 3.05) is 22.5 Å². The third-order valence-electron chi connectivity index (χ3n) is 5.71. The van der Waals surface area contributed by atoms with Gasteiger partial charge in [0, 0.05) is 23.2 Å². The number of H-pyrrole nitrogens is 1. The number of nitrogens with zero attached hydrogens (tertiary/aromatic N) is 2. The zero-order chi connectivity index (χ0) is 24.0. The van der Waals surface area contributed by atoms with Gasteiger partial charge >= 0.3 is 11.8 Å². The molecule has 0 saturated carbocycles. The van der Waals surface area contributed by atoms with E-state index in [9.17, 15) is 28.0 Å². The molecule has 1 unspecified atom stereocenters. The first-order chi connectivity index (χ1) is 16.3. The predicted molar refractivity (Wildman–Crippen MR) is 121 cm³/mol. The average Bonchev–Trinajstić information content (AvgIpc) is 3.17. The van der Waals surface area contributed by atoms with E-state index in [-0.39, 0.29) is 29.9 Å². The molecule has 3 heterocycles. The lowest BCUT2D eigenvalue weighted by Gasteiger charge is -2.20. The highest BCUT2D eigenvalue weighted by molar-refractivity contribution is 8.00. The number of halogens is 2. The summed E-state index contributed by atoms with van der Waals surface area (Å²) < 4.78 is 33.3. The number of rotatable bonds is 5. The Balaban J connectivity index is 1.26. The topological polar surface area (TPSA) is 114 Å². The van der Waals surface area contributed by atoms with E-state index >= 15 is 0 Å². The van der Waals surface area contributed by atoms with Crippen molar-refractivity contribution in [1.82, 2.24) is 9.55 Å². The van der Waals surface area contributed by atoms with E-state index in [1.54, 1.807) is 12.1 Å². The van der Waals surface area contributed by atoms with Crippen molar-refractivity contribution in [3.63, 3.8) is 0 Å². The van der Waals surface area contributed by atoms with Crippen LogP contribution in [0.3, 0.4) is 0 Å². The van der Waals surface area contributed by atoms with Crippen molar-refractivity contribution >= 4 is 46.0 Å². The second-order valence-electron chi connectivity index (χ2n) is 7.97. The summed E-state index contributed by atoms with van der Waals surface area (Å²) in [6.07, 6.45) is -0.283. The van der Waals surface area contributed by atoms with Crippen molar-refractivity contribution in [2.45, 2.75) is 30.4 Å². The minimum Gasteiger partial charge on any atom is -0.444 e. The van der Waals surface area contributed by atoms with Gasteiger partial charge in [-0.05, 0) is 37.1 Å². The smallest absolute Gasteiger partial charge is 0.414 e. The molecule has 3 aromatic rings. The molecule has 1 fully saturated rings. The number of carbonyl (C=O) groups excluding carboxylic acids is 2. The number of nitrogens with one attached hydrogen (secondary N) is 2. The van der Waals surface area contributed by atoms with E-state index in [1.807, 2.05) is 6.07 Å². The molecule has 176 valence electrons. The SMILES string of the molecule is O=C1CSc2ccc(N3CC(CCCn4c(=O)[nH]c5cc(F)c(F)cc5c4=O)OC3=O)cc2N1. The van der Waals surface area contributed by atoms with Gasteiger partial charge in [0.25, 0.3) is 5.56 Å². The second kappa shape index (κ2) is 8.60. The molecule has 2 aliphatic heterocycles. The zero-order valence-corrected chi connectivity index (χ0v) is 18.4. The summed E-state index contributed by atoms with van der Waals surface area (Å²) in [7, 11) is 0. The monoisotopic (exact) mass is 488 g/mol. The molecular formula is C22H18F2N4O5S. The van der Waals surface area contributed by atoms with Gasteiger partial charge in [-0.1, -0.05) is 0 Å². The van der Waals surface area contributed by atoms with Gasteiger partial charge in [-0.3, -0.25) is 19.1 Å². The van der Waals surface area contributed by atoms with E-state index in [0.717, 1.165) is 21.6 Å². The number of amides is 2. The highest BCUT2D eigenvalue weighted by Crippen LogP contribution is 2.35. The van der Waals surface area contributed by atoms with Crippen molar-refractivity contribution in [3.8, 4) is 0 Å². The molecule has 2 amide bonds. The van der Waals surface area contributed by atoms with Crippen LogP contribution < -0.4 is 21.5 Å². The summed E-state index contributed by atoms with van der Waals surface area (Å²) in [6.45, 7) is 0.283. The Kier molecular flexibility index (Phi) is 5.60. The molecule has 2 N–H and O–H groups in total. The van der Waals surface area contributed by atoms with Crippen LogP contribution in [0.15, 0.2) is 44.8 Å². The first-order valence-electron chi connectivity index (χ1n) is 10.5. The van der Waals surface area contributed by atoms with E-state index in [2.05, 4.69) is 10.3 Å². The van der Waals surface area contributed by atoms with E-state index < -0.39 is 35.1 Å². The molecule has 5 rings (SSSR count). The summed E-state index contributed by atoms with van der Waals surface area (Å²) in [5, 5.41) is 2.65. The minimum atomic E-state index is -1.18. The molecule has 0 radical (unpaired) electrons. The molecule has 1 aromatic heterocycles. The average molecular weight is 488 g/mol. The van der Waals surface area contributed by atoms with Gasteiger partial charge in [0.1, 0.15) is 6.10 Å². The van der Waals surface area contributed by atoms with Crippen LogP contribution in [0.5, 0.6) is 0 Å². The summed E-state index contributed by atoms with van der Waals surface area (Å²) in [5.74, 6) is -2.10. The lowest BCUT2D eigenvalue weighted by atomic mass is 10.1. The molecule has 1 atom stereocenters. The van der Waals surface area contributed by atoms with E-state index in [1.165, 1.54) is 16.7 Å². The Morgan fingerprint density at radius 2 is 1.88 bits per heavy atom. The Morgan fingerprint density at radius 3 is 2.71 bits per heavy atom. The number of anilines is 2. The van der Waals surface area contributed by atoms with Gasteiger partial charge in [0.05, 0.1) is 28.9 Å². The minimum absolute atomic E-state index is 0.0131. The number of hydrogen-bond acceptors (Lipinski definition) is 6. The van der Waals surface area contributed by atoms with Gasteiger partial charge in [-0.15, -0.1) is 11.8 Å². The molecule has 0 aliphatic carbocycles. The van der Waals surface area contributed by atoms with Gasteiger partial charge in [-0.2, -0.15) is 0 Å². The fourth-order valence-electron chi connectivity index (χ4n) is 4.05. The van der Waals surface area contributed by atoms with Gasteiger partial charge in [-0.25, -0.2) is 18.4 Å². The first-order valence-corrected chi connectivity index (χ1v) is 11.5. The number of ether oxygens (including phenoxy) is 1. The number of cyclic esters (lactones) is 1. The maximum absolute atomic E-state index is 13.6. The van der Waals surface area contributed by atoms with Crippen molar-refractivity contribution in [3.05, 3.63) is 62.8 Å². The number of aromatic amines is 1. The Hall–Kier alpha value is -3.67. The molecule has 1 saturated heterocycles. The van der Waals surface area contributed by atoms with Crippen LogP contribution >= 0.6 is 11.8 Å². The summed E-state index contributed by atoms with van der Waals surface area (Å²) in [5.41, 5.74) is -0.309. The van der Waals surface area contributed by atoms with Crippen molar-refractivity contribution in [2.24, 2.45) is 0 Å². The summed E-state index contributed by atoms with van der Waals surface area (Å²) >= 11 is 1.42. The fraction of sp³-hybridized carbons (Fsp3) is 0.273. The molecule has 12 heteroatoms. The lowest BCUT2D eigenvalue weighted by molar-refractivity contribution is -0.113. The number of benzene rings is 2. The van der Waals surface area contributed by atoms with Gasteiger partial charge in [0.2, 0.25) is 5.91 Å². The van der Waals surface area contributed by atoms with Crippen molar-refractivity contribution < 1.29 is 23.1 Å². The molecule has 2 aromatic carbocycles. The third-order valence-corrected chi connectivity index (χ3v) is 6.79. The first kappa shape index (κ1) is 22.1. The zero-order valence-electron chi connectivity index (χ0n) is 17.6. The normalized spacial score (nSPS) is 17.6.